The number of hydrogen-bond donors (Lipinski definition) is 1. The summed E-state index contributed by atoms with van der Waals surface area (Å²) in [6, 6.07) is 2.56. The van der Waals surface area contributed by atoms with Gasteiger partial charge in [-0.1, -0.05) is 13.8 Å². The van der Waals surface area contributed by atoms with Crippen LogP contribution in [0.4, 0.5) is 5.82 Å². The predicted molar refractivity (Wildman–Crippen MR) is 76.8 cm³/mol. The molecule has 1 aromatic heterocycles. The molecule has 1 N–H and O–H groups in total. The molecule has 0 saturated heterocycles. The van der Waals surface area contributed by atoms with Crippen LogP contribution in [0.3, 0.4) is 0 Å². The summed E-state index contributed by atoms with van der Waals surface area (Å²) >= 11 is 0. The Morgan fingerprint density at radius 1 is 1.33 bits per heavy atom. The third-order valence-corrected chi connectivity index (χ3v) is 3.19. The first-order chi connectivity index (χ1) is 8.56. The van der Waals surface area contributed by atoms with Gasteiger partial charge in [-0.2, -0.15) is 0 Å². The summed E-state index contributed by atoms with van der Waals surface area (Å²) < 4.78 is 0. The molecule has 18 heavy (non-hydrogen) atoms. The Balaban J connectivity index is 2.73. The molecule has 0 spiro atoms. The van der Waals surface area contributed by atoms with E-state index < -0.39 is 0 Å². The zero-order valence-corrected chi connectivity index (χ0v) is 12.3. The Morgan fingerprint density at radius 3 is 2.67 bits per heavy atom. The van der Waals surface area contributed by atoms with Crippen molar-refractivity contribution in [2.24, 2.45) is 0 Å². The normalized spacial score (nSPS) is 12.8. The summed E-state index contributed by atoms with van der Waals surface area (Å²) in [6.07, 6.45) is 2.24. The van der Waals surface area contributed by atoms with Gasteiger partial charge in [0.05, 0.1) is 6.54 Å². The lowest BCUT2D eigenvalue weighted by Gasteiger charge is -2.22. The fourth-order valence-electron chi connectivity index (χ4n) is 1.73. The van der Waals surface area contributed by atoms with Crippen LogP contribution in [0.25, 0.3) is 0 Å². The van der Waals surface area contributed by atoms with Crippen molar-refractivity contribution in [3.05, 3.63) is 17.6 Å². The maximum absolute atomic E-state index is 4.56. The van der Waals surface area contributed by atoms with Crippen LogP contribution in [-0.2, 0) is 6.54 Å². The zero-order valence-electron chi connectivity index (χ0n) is 12.3. The van der Waals surface area contributed by atoms with Crippen LogP contribution in [0.1, 0.15) is 45.1 Å². The molecule has 0 saturated carbocycles. The van der Waals surface area contributed by atoms with Crippen molar-refractivity contribution in [1.82, 2.24) is 14.9 Å². The number of rotatable bonds is 7. The van der Waals surface area contributed by atoms with Crippen molar-refractivity contribution in [1.29, 1.82) is 0 Å². The fraction of sp³-hybridized carbons (Fsp3) is 0.714. The predicted octanol–water partition coefficient (Wildman–Crippen LogP) is 2.84. The number of nitrogens with one attached hydrogen (secondary N) is 1. The maximum atomic E-state index is 4.56. The zero-order chi connectivity index (χ0) is 13.5. The molecule has 0 aromatic carbocycles. The van der Waals surface area contributed by atoms with Gasteiger partial charge >= 0.3 is 0 Å². The molecule has 1 rings (SSSR count). The van der Waals surface area contributed by atoms with E-state index in [4.69, 9.17) is 0 Å². The van der Waals surface area contributed by atoms with Crippen LogP contribution in [0.5, 0.6) is 0 Å². The first-order valence-electron chi connectivity index (χ1n) is 6.85. The summed E-state index contributed by atoms with van der Waals surface area (Å²) in [5.41, 5.74) is 1.02. The Morgan fingerprint density at radius 2 is 2.06 bits per heavy atom. The van der Waals surface area contributed by atoms with Crippen LogP contribution in [0.2, 0.25) is 0 Å². The molecule has 0 radical (unpaired) electrons. The second-order valence-electron chi connectivity index (χ2n) is 4.91. The van der Waals surface area contributed by atoms with Crippen LogP contribution in [0, 0.1) is 6.92 Å². The van der Waals surface area contributed by atoms with Crippen molar-refractivity contribution >= 4 is 5.82 Å². The molecule has 0 aliphatic rings. The van der Waals surface area contributed by atoms with E-state index in [1.54, 1.807) is 0 Å². The topological polar surface area (TPSA) is 41.1 Å². The molecule has 0 amide bonds. The Bertz CT molecular complexity index is 365. The third kappa shape index (κ3) is 4.61. The Kier molecular flexibility index (Phi) is 6.05. The Hall–Kier alpha value is -1.16. The molecule has 0 fully saturated rings. The third-order valence-electron chi connectivity index (χ3n) is 3.19. The lowest BCUT2D eigenvalue weighted by atomic mass is 10.2. The van der Waals surface area contributed by atoms with E-state index in [1.807, 2.05) is 13.0 Å². The summed E-state index contributed by atoms with van der Waals surface area (Å²) in [4.78, 5) is 11.4. The van der Waals surface area contributed by atoms with E-state index in [0.717, 1.165) is 43.3 Å². The molecule has 4 nitrogen and oxygen atoms in total. The standard InChI is InChI=1S/C14H26N4/c1-6-8-15-13-9-11(3)16-14(17-13)10-18(5)12(4)7-2/h9,12H,6-8,10H2,1-5H3,(H,15,16,17). The lowest BCUT2D eigenvalue weighted by Crippen LogP contribution is -2.28. The van der Waals surface area contributed by atoms with Crippen LogP contribution >= 0.6 is 0 Å². The number of nitrogens with zero attached hydrogens (tertiary/aromatic N) is 3. The van der Waals surface area contributed by atoms with Gasteiger partial charge in [0.15, 0.2) is 0 Å². The highest BCUT2D eigenvalue weighted by Crippen LogP contribution is 2.10. The number of anilines is 1. The molecule has 1 atom stereocenters. The molecule has 102 valence electrons. The van der Waals surface area contributed by atoms with Crippen molar-refractivity contribution < 1.29 is 0 Å². The Labute approximate surface area is 111 Å². The van der Waals surface area contributed by atoms with Crippen LogP contribution < -0.4 is 5.32 Å². The minimum Gasteiger partial charge on any atom is -0.370 e. The van der Waals surface area contributed by atoms with Gasteiger partial charge in [0.25, 0.3) is 0 Å². The van der Waals surface area contributed by atoms with E-state index in [2.05, 4.69) is 48.0 Å². The highest BCUT2D eigenvalue weighted by molar-refractivity contribution is 5.35. The highest BCUT2D eigenvalue weighted by Gasteiger charge is 2.10. The summed E-state index contributed by atoms with van der Waals surface area (Å²) in [5, 5.41) is 3.32. The largest absolute Gasteiger partial charge is 0.370 e. The molecule has 1 heterocycles. The van der Waals surface area contributed by atoms with Crippen molar-refractivity contribution in [2.75, 3.05) is 18.9 Å². The second kappa shape index (κ2) is 7.31. The van der Waals surface area contributed by atoms with Crippen molar-refractivity contribution in [3.63, 3.8) is 0 Å². The minimum atomic E-state index is 0.557. The first-order valence-corrected chi connectivity index (χ1v) is 6.85. The molecule has 1 aromatic rings. The first kappa shape index (κ1) is 14.9. The van der Waals surface area contributed by atoms with Gasteiger partial charge in [0.1, 0.15) is 11.6 Å². The van der Waals surface area contributed by atoms with Crippen LogP contribution in [-0.4, -0.2) is 34.5 Å². The molecule has 1 unspecified atom stereocenters. The number of aryl methyl sites for hydroxylation is 1. The van der Waals surface area contributed by atoms with E-state index in [0.29, 0.717) is 6.04 Å². The van der Waals surface area contributed by atoms with Gasteiger partial charge < -0.3 is 5.32 Å². The van der Waals surface area contributed by atoms with E-state index in [1.165, 1.54) is 0 Å². The highest BCUT2D eigenvalue weighted by atomic mass is 15.2. The summed E-state index contributed by atoms with van der Waals surface area (Å²) in [5.74, 6) is 1.84. The molecule has 0 aliphatic carbocycles. The molecular weight excluding hydrogens is 224 g/mol. The van der Waals surface area contributed by atoms with Crippen molar-refractivity contribution in [3.8, 4) is 0 Å². The maximum Gasteiger partial charge on any atom is 0.144 e. The van der Waals surface area contributed by atoms with Gasteiger partial charge in [-0.25, -0.2) is 9.97 Å². The van der Waals surface area contributed by atoms with Gasteiger partial charge in [-0.3, -0.25) is 4.90 Å². The molecule has 0 bridgehead atoms. The van der Waals surface area contributed by atoms with E-state index in [-0.39, 0.29) is 0 Å². The minimum absolute atomic E-state index is 0.557. The van der Waals surface area contributed by atoms with Crippen LogP contribution in [0.15, 0.2) is 6.07 Å². The molecule has 0 aliphatic heterocycles. The SMILES string of the molecule is CCCNc1cc(C)nc(CN(C)C(C)CC)n1. The lowest BCUT2D eigenvalue weighted by molar-refractivity contribution is 0.238. The summed E-state index contributed by atoms with van der Waals surface area (Å²) in [6.45, 7) is 10.4. The van der Waals surface area contributed by atoms with Gasteiger partial charge in [-0.05, 0) is 33.7 Å². The van der Waals surface area contributed by atoms with Crippen molar-refractivity contribution in [2.45, 2.75) is 53.1 Å². The average molecular weight is 250 g/mol. The van der Waals surface area contributed by atoms with E-state index >= 15 is 0 Å². The molecular formula is C14H26N4. The summed E-state index contributed by atoms with van der Waals surface area (Å²) in [7, 11) is 2.12. The van der Waals surface area contributed by atoms with E-state index in [9.17, 15) is 0 Å². The number of hydrogen-bond acceptors (Lipinski definition) is 4. The number of aromatic nitrogens is 2. The van der Waals surface area contributed by atoms with Gasteiger partial charge in [0.2, 0.25) is 0 Å². The monoisotopic (exact) mass is 250 g/mol. The molecule has 4 heteroatoms. The quantitative estimate of drug-likeness (QED) is 0.808. The fourth-order valence-corrected chi connectivity index (χ4v) is 1.73. The van der Waals surface area contributed by atoms with Gasteiger partial charge in [0, 0.05) is 24.3 Å². The second-order valence-corrected chi connectivity index (χ2v) is 4.91. The smallest absolute Gasteiger partial charge is 0.144 e. The average Bonchev–Trinajstić information content (AvgIpc) is 2.34. The van der Waals surface area contributed by atoms with Gasteiger partial charge in [-0.15, -0.1) is 0 Å².